The topological polar surface area (TPSA) is 68.9 Å². The van der Waals surface area contributed by atoms with E-state index in [-0.39, 0.29) is 11.5 Å². The van der Waals surface area contributed by atoms with Gasteiger partial charge in [0, 0.05) is 28.3 Å². The van der Waals surface area contributed by atoms with Crippen molar-refractivity contribution in [2.45, 2.75) is 33.4 Å². The summed E-state index contributed by atoms with van der Waals surface area (Å²) in [6.07, 6.45) is 1.69. The number of hydrogen-bond acceptors (Lipinski definition) is 3. The van der Waals surface area contributed by atoms with Crippen LogP contribution < -0.4 is 10.9 Å². The van der Waals surface area contributed by atoms with E-state index in [9.17, 15) is 9.59 Å². The molecule has 0 saturated heterocycles. The molecule has 4 rings (SSSR count). The molecule has 0 spiro atoms. The molecule has 31 heavy (non-hydrogen) atoms. The molecule has 1 atom stereocenters. The molecule has 4 aromatic rings. The van der Waals surface area contributed by atoms with Crippen LogP contribution >= 0.6 is 11.6 Å². The first kappa shape index (κ1) is 20.9. The summed E-state index contributed by atoms with van der Waals surface area (Å²) in [5, 5.41) is 9.27. The fourth-order valence-electron chi connectivity index (χ4n) is 4.01. The summed E-state index contributed by atoms with van der Waals surface area (Å²) in [7, 11) is 0. The number of aryl methyl sites for hydroxylation is 2. The average Bonchev–Trinajstić information content (AvgIpc) is 3.03. The summed E-state index contributed by atoms with van der Waals surface area (Å²) < 4.78 is 3.29. The highest BCUT2D eigenvalue weighted by atomic mass is 35.5. The molecule has 0 aliphatic heterocycles. The van der Waals surface area contributed by atoms with Crippen LogP contribution in [0, 0.1) is 13.8 Å². The molecule has 1 amide bonds. The van der Waals surface area contributed by atoms with E-state index in [2.05, 4.69) is 10.4 Å². The largest absolute Gasteiger partial charge is 0.350 e. The first-order chi connectivity index (χ1) is 14.9. The van der Waals surface area contributed by atoms with Crippen molar-refractivity contribution >= 4 is 28.3 Å². The van der Waals surface area contributed by atoms with Crippen molar-refractivity contribution in [3.8, 4) is 5.69 Å². The summed E-state index contributed by atoms with van der Waals surface area (Å²) in [5.41, 5.74) is 3.01. The van der Waals surface area contributed by atoms with E-state index in [4.69, 9.17) is 11.6 Å². The minimum atomic E-state index is -0.490. The van der Waals surface area contributed by atoms with Gasteiger partial charge in [-0.1, -0.05) is 41.9 Å². The van der Waals surface area contributed by atoms with Gasteiger partial charge in [-0.25, -0.2) is 0 Å². The smallest absolute Gasteiger partial charge is 0.281 e. The lowest BCUT2D eigenvalue weighted by Crippen LogP contribution is -2.31. The summed E-state index contributed by atoms with van der Waals surface area (Å²) in [6, 6.07) is 16.2. The Kier molecular flexibility index (Phi) is 5.65. The molecule has 158 valence electrons. The quantitative estimate of drug-likeness (QED) is 0.508. The molecule has 1 N–H and O–H groups in total. The van der Waals surface area contributed by atoms with E-state index >= 15 is 0 Å². The van der Waals surface area contributed by atoms with Crippen LogP contribution in [0.3, 0.4) is 0 Å². The van der Waals surface area contributed by atoms with Crippen molar-refractivity contribution < 1.29 is 4.79 Å². The Morgan fingerprint density at radius 2 is 1.84 bits per heavy atom. The second-order valence-electron chi connectivity index (χ2n) is 7.55. The zero-order valence-corrected chi connectivity index (χ0v) is 18.3. The summed E-state index contributed by atoms with van der Waals surface area (Å²) >= 11 is 6.02. The number of hydrogen-bond donors (Lipinski definition) is 1. The number of carbonyl (C=O) groups is 1. The SMILES string of the molecule is Cc1c2cnn(-c3ccccc3)c(=O)c2c(C)n1[C@H](C)C(=O)NCc1cccc(Cl)c1. The molecular weight excluding hydrogens is 412 g/mol. The zero-order chi connectivity index (χ0) is 22.1. The van der Waals surface area contributed by atoms with E-state index in [1.165, 1.54) is 4.68 Å². The van der Waals surface area contributed by atoms with Crippen LogP contribution in [0.25, 0.3) is 16.5 Å². The lowest BCUT2D eigenvalue weighted by Gasteiger charge is -2.18. The molecule has 0 fully saturated rings. The van der Waals surface area contributed by atoms with E-state index < -0.39 is 6.04 Å². The van der Waals surface area contributed by atoms with Gasteiger partial charge in [-0.2, -0.15) is 9.78 Å². The number of para-hydroxylation sites is 1. The van der Waals surface area contributed by atoms with Crippen LogP contribution in [-0.4, -0.2) is 20.3 Å². The molecule has 0 radical (unpaired) electrons. The van der Waals surface area contributed by atoms with Crippen molar-refractivity contribution in [2.75, 3.05) is 0 Å². The molecule has 2 heterocycles. The predicted octanol–water partition coefficient (Wildman–Crippen LogP) is 4.33. The van der Waals surface area contributed by atoms with Crippen LogP contribution in [0.4, 0.5) is 0 Å². The monoisotopic (exact) mass is 434 g/mol. The Hall–Kier alpha value is -3.38. The minimum absolute atomic E-state index is 0.136. The summed E-state index contributed by atoms with van der Waals surface area (Å²) in [5.74, 6) is -0.136. The first-order valence-electron chi connectivity index (χ1n) is 10.1. The highest BCUT2D eigenvalue weighted by Crippen LogP contribution is 2.26. The highest BCUT2D eigenvalue weighted by molar-refractivity contribution is 6.30. The van der Waals surface area contributed by atoms with Crippen LogP contribution in [-0.2, 0) is 11.3 Å². The molecule has 6 nitrogen and oxygen atoms in total. The van der Waals surface area contributed by atoms with Crippen molar-refractivity contribution in [1.29, 1.82) is 0 Å². The van der Waals surface area contributed by atoms with Gasteiger partial charge in [-0.3, -0.25) is 9.59 Å². The van der Waals surface area contributed by atoms with Gasteiger partial charge >= 0.3 is 0 Å². The molecule has 0 aliphatic carbocycles. The normalized spacial score (nSPS) is 12.1. The van der Waals surface area contributed by atoms with Gasteiger partial charge in [-0.15, -0.1) is 0 Å². The van der Waals surface area contributed by atoms with E-state index in [0.717, 1.165) is 22.3 Å². The van der Waals surface area contributed by atoms with Crippen LogP contribution in [0.5, 0.6) is 0 Å². The van der Waals surface area contributed by atoms with Gasteiger partial charge in [0.15, 0.2) is 0 Å². The minimum Gasteiger partial charge on any atom is -0.350 e. The lowest BCUT2D eigenvalue weighted by atomic mass is 10.2. The maximum atomic E-state index is 13.2. The Bertz CT molecular complexity index is 1320. The van der Waals surface area contributed by atoms with Gasteiger partial charge in [0.05, 0.1) is 17.3 Å². The Morgan fingerprint density at radius 1 is 1.10 bits per heavy atom. The van der Waals surface area contributed by atoms with E-state index in [1.54, 1.807) is 12.3 Å². The molecule has 2 aromatic carbocycles. The van der Waals surface area contributed by atoms with Gasteiger partial charge < -0.3 is 9.88 Å². The van der Waals surface area contributed by atoms with E-state index in [0.29, 0.717) is 22.6 Å². The molecule has 2 aromatic heterocycles. The number of nitrogens with zero attached hydrogens (tertiary/aromatic N) is 3. The summed E-state index contributed by atoms with van der Waals surface area (Å²) in [6.45, 7) is 5.98. The molecular formula is C24H23ClN4O2. The lowest BCUT2D eigenvalue weighted by molar-refractivity contribution is -0.124. The predicted molar refractivity (Wildman–Crippen MR) is 123 cm³/mol. The number of halogens is 1. The van der Waals surface area contributed by atoms with Crippen molar-refractivity contribution in [3.63, 3.8) is 0 Å². The van der Waals surface area contributed by atoms with Crippen LogP contribution in [0.2, 0.25) is 5.02 Å². The maximum Gasteiger partial charge on any atom is 0.281 e. The number of aromatic nitrogens is 3. The van der Waals surface area contributed by atoms with Gasteiger partial charge in [0.2, 0.25) is 5.91 Å². The molecule has 0 aliphatic rings. The molecule has 0 unspecified atom stereocenters. The number of fused-ring (bicyclic) bond motifs is 1. The van der Waals surface area contributed by atoms with Gasteiger partial charge in [-0.05, 0) is 50.6 Å². The molecule has 0 saturated carbocycles. The number of rotatable bonds is 5. The van der Waals surface area contributed by atoms with Gasteiger partial charge in [0.25, 0.3) is 5.56 Å². The maximum absolute atomic E-state index is 13.2. The first-order valence-corrected chi connectivity index (χ1v) is 10.4. The Morgan fingerprint density at radius 3 is 2.55 bits per heavy atom. The third-order valence-corrected chi connectivity index (χ3v) is 5.81. The van der Waals surface area contributed by atoms with Crippen molar-refractivity contribution in [2.24, 2.45) is 0 Å². The standard InChI is InChI=1S/C24H23ClN4O2/c1-15-21-14-27-29(20-10-5-4-6-11-20)24(31)22(21)16(2)28(15)17(3)23(30)26-13-18-8-7-9-19(25)12-18/h4-12,14,17H,13H2,1-3H3,(H,26,30)/t17-/m1/s1. The third kappa shape index (κ3) is 3.86. The number of amides is 1. The third-order valence-electron chi connectivity index (χ3n) is 5.58. The second kappa shape index (κ2) is 8.40. The number of nitrogens with one attached hydrogen (secondary N) is 1. The fourth-order valence-corrected chi connectivity index (χ4v) is 4.23. The second-order valence-corrected chi connectivity index (χ2v) is 7.99. The van der Waals surface area contributed by atoms with Crippen LogP contribution in [0.1, 0.15) is 29.9 Å². The Balaban J connectivity index is 1.68. The zero-order valence-electron chi connectivity index (χ0n) is 17.6. The molecule has 0 bridgehead atoms. The van der Waals surface area contributed by atoms with Gasteiger partial charge in [0.1, 0.15) is 6.04 Å². The van der Waals surface area contributed by atoms with Crippen molar-refractivity contribution in [1.82, 2.24) is 19.7 Å². The van der Waals surface area contributed by atoms with E-state index in [1.807, 2.05) is 73.9 Å². The Labute approximate surface area is 185 Å². The fraction of sp³-hybridized carbons (Fsp3) is 0.208. The highest BCUT2D eigenvalue weighted by Gasteiger charge is 2.23. The summed E-state index contributed by atoms with van der Waals surface area (Å²) in [4.78, 5) is 26.1. The van der Waals surface area contributed by atoms with Crippen molar-refractivity contribution in [3.05, 3.63) is 93.1 Å². The van der Waals surface area contributed by atoms with Crippen LogP contribution in [0.15, 0.2) is 65.6 Å². The number of benzene rings is 2. The number of carbonyl (C=O) groups excluding carboxylic acids is 1. The molecule has 7 heteroatoms. The average molecular weight is 435 g/mol.